The summed E-state index contributed by atoms with van der Waals surface area (Å²) >= 11 is 0. The topological polar surface area (TPSA) is 75.3 Å². The van der Waals surface area contributed by atoms with E-state index in [1.165, 1.54) is 0 Å². The van der Waals surface area contributed by atoms with Gasteiger partial charge in [-0.05, 0) is 5.41 Å². The lowest BCUT2D eigenvalue weighted by molar-refractivity contribution is 0.0745. The molecular formula is C11H17N5O. The molecule has 2 rings (SSSR count). The molecule has 0 saturated carbocycles. The molecule has 1 unspecified atom stereocenters. The number of fused-ring (bicyclic) bond motifs is 1. The van der Waals surface area contributed by atoms with Crippen molar-refractivity contribution in [3.05, 3.63) is 18.7 Å². The fourth-order valence-corrected chi connectivity index (χ4v) is 1.38. The first-order valence-corrected chi connectivity index (χ1v) is 5.55. The summed E-state index contributed by atoms with van der Waals surface area (Å²) in [5.41, 5.74) is 0.500. The van der Waals surface area contributed by atoms with Crippen LogP contribution < -0.4 is 5.32 Å². The van der Waals surface area contributed by atoms with E-state index in [1.807, 2.05) is 20.8 Å². The molecule has 92 valence electrons. The van der Waals surface area contributed by atoms with Crippen LogP contribution in [0.2, 0.25) is 0 Å². The number of hydrogen-bond donors (Lipinski definition) is 2. The van der Waals surface area contributed by atoms with Gasteiger partial charge in [0.15, 0.2) is 5.82 Å². The van der Waals surface area contributed by atoms with E-state index >= 15 is 0 Å². The first-order chi connectivity index (χ1) is 7.98. The predicted molar refractivity (Wildman–Crippen MR) is 64.7 cm³/mol. The van der Waals surface area contributed by atoms with Gasteiger partial charge in [-0.2, -0.15) is 0 Å². The lowest BCUT2D eigenvalue weighted by atomic mass is 9.89. The minimum absolute atomic E-state index is 0.161. The van der Waals surface area contributed by atoms with E-state index < -0.39 is 6.10 Å². The molecule has 2 N–H and O–H groups in total. The van der Waals surface area contributed by atoms with Crippen LogP contribution in [0.25, 0.3) is 5.65 Å². The molecule has 0 aromatic carbocycles. The van der Waals surface area contributed by atoms with Gasteiger partial charge in [-0.1, -0.05) is 20.8 Å². The van der Waals surface area contributed by atoms with Crippen molar-refractivity contribution in [2.75, 3.05) is 11.9 Å². The number of anilines is 1. The van der Waals surface area contributed by atoms with Crippen molar-refractivity contribution in [3.8, 4) is 0 Å². The van der Waals surface area contributed by atoms with Gasteiger partial charge in [-0.25, -0.2) is 4.98 Å². The molecule has 0 aliphatic heterocycles. The Bertz CT molecular complexity index is 502. The zero-order chi connectivity index (χ0) is 12.5. The Morgan fingerprint density at radius 2 is 2.24 bits per heavy atom. The molecule has 0 saturated heterocycles. The van der Waals surface area contributed by atoms with Crippen LogP contribution in [0.3, 0.4) is 0 Å². The normalized spacial score (nSPS) is 13.9. The van der Waals surface area contributed by atoms with Crippen molar-refractivity contribution in [3.63, 3.8) is 0 Å². The number of nitrogens with zero attached hydrogens (tertiary/aromatic N) is 4. The molecule has 0 fully saturated rings. The molecule has 0 aliphatic rings. The van der Waals surface area contributed by atoms with Crippen LogP contribution in [0.5, 0.6) is 0 Å². The molecule has 6 heteroatoms. The smallest absolute Gasteiger partial charge is 0.203 e. The van der Waals surface area contributed by atoms with Crippen LogP contribution in [0.4, 0.5) is 5.82 Å². The Morgan fingerprint density at radius 1 is 1.47 bits per heavy atom. The fourth-order valence-electron chi connectivity index (χ4n) is 1.38. The third-order valence-electron chi connectivity index (χ3n) is 2.68. The van der Waals surface area contributed by atoms with E-state index in [9.17, 15) is 5.11 Å². The Hall–Kier alpha value is -1.69. The number of aliphatic hydroxyl groups excluding tert-OH is 1. The van der Waals surface area contributed by atoms with Crippen LogP contribution in [-0.2, 0) is 0 Å². The van der Waals surface area contributed by atoms with Gasteiger partial charge in [-0.3, -0.25) is 4.40 Å². The van der Waals surface area contributed by atoms with Crippen molar-refractivity contribution in [2.24, 2.45) is 5.41 Å². The maximum absolute atomic E-state index is 9.94. The quantitative estimate of drug-likeness (QED) is 0.828. The zero-order valence-corrected chi connectivity index (χ0v) is 10.3. The monoisotopic (exact) mass is 235 g/mol. The molecule has 1 atom stereocenters. The highest BCUT2D eigenvalue weighted by atomic mass is 16.3. The summed E-state index contributed by atoms with van der Waals surface area (Å²) in [5.74, 6) is 0.633. The van der Waals surface area contributed by atoms with Gasteiger partial charge < -0.3 is 10.4 Å². The third kappa shape index (κ3) is 2.52. The van der Waals surface area contributed by atoms with Crippen LogP contribution in [0.15, 0.2) is 18.7 Å². The molecule has 0 aliphatic carbocycles. The highest BCUT2D eigenvalue weighted by Gasteiger charge is 2.22. The summed E-state index contributed by atoms with van der Waals surface area (Å²) in [6, 6.07) is 0. The standard InChI is InChI=1S/C11H17N5O/c1-11(2,3)8(17)6-13-9-10-15-14-7-16(10)5-4-12-9/h4-5,7-8,17H,6H2,1-3H3,(H,12,13). The molecular weight excluding hydrogens is 218 g/mol. The average molecular weight is 235 g/mol. The van der Waals surface area contributed by atoms with Gasteiger partial charge in [0.25, 0.3) is 0 Å². The number of aliphatic hydroxyl groups is 1. The van der Waals surface area contributed by atoms with E-state index in [0.29, 0.717) is 18.0 Å². The summed E-state index contributed by atoms with van der Waals surface area (Å²) in [6.45, 7) is 6.41. The summed E-state index contributed by atoms with van der Waals surface area (Å²) in [5, 5.41) is 20.8. The minimum Gasteiger partial charge on any atom is -0.391 e. The Morgan fingerprint density at radius 3 is 2.94 bits per heavy atom. The van der Waals surface area contributed by atoms with Crippen molar-refractivity contribution in [1.29, 1.82) is 0 Å². The van der Waals surface area contributed by atoms with Gasteiger partial charge >= 0.3 is 0 Å². The van der Waals surface area contributed by atoms with Gasteiger partial charge in [0.1, 0.15) is 6.33 Å². The first-order valence-electron chi connectivity index (χ1n) is 5.55. The molecule has 6 nitrogen and oxygen atoms in total. The van der Waals surface area contributed by atoms with E-state index in [1.54, 1.807) is 23.1 Å². The third-order valence-corrected chi connectivity index (χ3v) is 2.68. The molecule has 0 amide bonds. The minimum atomic E-state index is -0.451. The van der Waals surface area contributed by atoms with Crippen LogP contribution in [-0.4, -0.2) is 37.3 Å². The van der Waals surface area contributed by atoms with Gasteiger partial charge in [0, 0.05) is 18.9 Å². The maximum atomic E-state index is 9.94. The molecule has 0 spiro atoms. The SMILES string of the molecule is CC(C)(C)C(O)CNc1nccn2cnnc12. The molecule has 17 heavy (non-hydrogen) atoms. The Balaban J connectivity index is 2.12. The molecule has 2 heterocycles. The van der Waals surface area contributed by atoms with Crippen molar-refractivity contribution in [2.45, 2.75) is 26.9 Å². The average Bonchev–Trinajstić information content (AvgIpc) is 2.72. The molecule has 2 aromatic rings. The summed E-state index contributed by atoms with van der Waals surface area (Å²) in [4.78, 5) is 4.19. The van der Waals surface area contributed by atoms with Gasteiger partial charge in [0.05, 0.1) is 6.10 Å². The summed E-state index contributed by atoms with van der Waals surface area (Å²) in [6.07, 6.45) is 4.61. The van der Waals surface area contributed by atoms with Gasteiger partial charge in [-0.15, -0.1) is 10.2 Å². The van der Waals surface area contributed by atoms with Crippen LogP contribution >= 0.6 is 0 Å². The Kier molecular flexibility index (Phi) is 2.97. The molecule has 0 radical (unpaired) electrons. The van der Waals surface area contributed by atoms with E-state index in [0.717, 1.165) is 0 Å². The first kappa shape index (κ1) is 11.8. The van der Waals surface area contributed by atoms with Gasteiger partial charge in [0.2, 0.25) is 5.65 Å². The van der Waals surface area contributed by atoms with Crippen LogP contribution in [0, 0.1) is 5.41 Å². The van der Waals surface area contributed by atoms with E-state index in [4.69, 9.17) is 0 Å². The Labute approximate surface area is 99.7 Å². The number of rotatable bonds is 3. The summed E-state index contributed by atoms with van der Waals surface area (Å²) < 4.78 is 1.78. The highest BCUT2D eigenvalue weighted by molar-refractivity contribution is 5.61. The maximum Gasteiger partial charge on any atom is 0.203 e. The molecule has 2 aromatic heterocycles. The second-order valence-electron chi connectivity index (χ2n) is 5.10. The zero-order valence-electron chi connectivity index (χ0n) is 10.3. The van der Waals surface area contributed by atoms with Crippen molar-refractivity contribution >= 4 is 11.5 Å². The van der Waals surface area contributed by atoms with Crippen molar-refractivity contribution in [1.82, 2.24) is 19.6 Å². The number of nitrogens with one attached hydrogen (secondary N) is 1. The second-order valence-corrected chi connectivity index (χ2v) is 5.10. The van der Waals surface area contributed by atoms with Crippen molar-refractivity contribution < 1.29 is 5.11 Å². The number of aromatic nitrogens is 4. The highest BCUT2D eigenvalue weighted by Crippen LogP contribution is 2.19. The number of hydrogen-bond acceptors (Lipinski definition) is 5. The largest absolute Gasteiger partial charge is 0.391 e. The fraction of sp³-hybridized carbons (Fsp3) is 0.545. The second kappa shape index (κ2) is 4.29. The van der Waals surface area contributed by atoms with Crippen LogP contribution in [0.1, 0.15) is 20.8 Å². The van der Waals surface area contributed by atoms with E-state index in [2.05, 4.69) is 20.5 Å². The predicted octanol–water partition coefficient (Wildman–Crippen LogP) is 0.943. The molecule has 0 bridgehead atoms. The lowest BCUT2D eigenvalue weighted by Gasteiger charge is -2.26. The van der Waals surface area contributed by atoms with E-state index in [-0.39, 0.29) is 5.41 Å². The lowest BCUT2D eigenvalue weighted by Crippen LogP contribution is -2.33. The summed E-state index contributed by atoms with van der Waals surface area (Å²) in [7, 11) is 0.